The third-order valence-electron chi connectivity index (χ3n) is 18.4. The molecule has 0 aliphatic heterocycles. The number of carbonyl (C=O) groups excluding carboxylic acids is 2. The molecule has 0 saturated heterocycles. The van der Waals surface area contributed by atoms with Crippen molar-refractivity contribution in [3.8, 4) is 0 Å². The van der Waals surface area contributed by atoms with E-state index in [0.717, 1.165) is 88.2 Å². The number of allylic oxidation sites excluding steroid dienone is 2. The number of ketones is 2. The second kappa shape index (κ2) is 11.8. The Bertz CT molecular complexity index is 1340. The molecule has 8 aliphatic carbocycles. The van der Waals surface area contributed by atoms with Crippen LogP contribution in [0.1, 0.15) is 144 Å². The summed E-state index contributed by atoms with van der Waals surface area (Å²) in [5.41, 5.74) is 0.678. The van der Waals surface area contributed by atoms with Gasteiger partial charge in [-0.3, -0.25) is 0 Å². The zero-order chi connectivity index (χ0) is 34.8. The first-order chi connectivity index (χ1) is 23.0. The Balaban J connectivity index is 0.912. The number of Topliss-reactive ketones (excluding diaryl/α,β-unsaturated/α-hetero) is 2. The van der Waals surface area contributed by atoms with Gasteiger partial charge in [0, 0.05) is 0 Å². The molecule has 274 valence electrons. The van der Waals surface area contributed by atoms with Gasteiger partial charge in [0.15, 0.2) is 0 Å². The molecule has 14 unspecified atom stereocenters. The number of rotatable bonds is 4. The van der Waals surface area contributed by atoms with Gasteiger partial charge in [-0.05, 0) is 0 Å². The van der Waals surface area contributed by atoms with Crippen molar-refractivity contribution in [1.29, 1.82) is 0 Å². The predicted octanol–water partition coefficient (Wildman–Crippen LogP) is 5.65. The van der Waals surface area contributed by atoms with E-state index in [1.165, 1.54) is 12.8 Å². The number of hydrogen-bond acceptors (Lipinski definition) is 6. The normalized spacial score (nSPS) is 55.3. The molecule has 8 aliphatic rings. The van der Waals surface area contributed by atoms with E-state index in [-0.39, 0.29) is 33.2 Å². The fourth-order valence-corrected chi connectivity index (χ4v) is 15.8. The molecular formula is C42H62IO6-. The first-order valence-corrected chi connectivity index (χ1v) is 21.7. The molecule has 0 aromatic rings. The zero-order valence-corrected chi connectivity index (χ0v) is 33.2. The van der Waals surface area contributed by atoms with Gasteiger partial charge in [0.2, 0.25) is 0 Å². The summed E-state index contributed by atoms with van der Waals surface area (Å²) in [5.74, 6) is 4.91. The summed E-state index contributed by atoms with van der Waals surface area (Å²) in [7, 11) is 0. The fraction of sp³-hybridized carbons (Fsp3) is 0.857. The van der Waals surface area contributed by atoms with Crippen LogP contribution in [0, 0.1) is 69.0 Å². The van der Waals surface area contributed by atoms with E-state index < -0.39 is 33.2 Å². The molecule has 0 spiro atoms. The molecule has 14 atom stereocenters. The van der Waals surface area contributed by atoms with E-state index in [1.807, 2.05) is 0 Å². The van der Waals surface area contributed by atoms with Gasteiger partial charge < -0.3 is 0 Å². The van der Waals surface area contributed by atoms with Crippen molar-refractivity contribution in [2.24, 2.45) is 69.0 Å². The van der Waals surface area contributed by atoms with Crippen LogP contribution in [0.25, 0.3) is 0 Å². The summed E-state index contributed by atoms with van der Waals surface area (Å²) in [5, 5.41) is 22.6. The van der Waals surface area contributed by atoms with Gasteiger partial charge in [0.1, 0.15) is 0 Å². The fourth-order valence-electron chi connectivity index (χ4n) is 14.9. The predicted molar refractivity (Wildman–Crippen MR) is 184 cm³/mol. The van der Waals surface area contributed by atoms with Gasteiger partial charge in [-0.15, -0.1) is 0 Å². The summed E-state index contributed by atoms with van der Waals surface area (Å²) in [6, 6.07) is 0. The van der Waals surface area contributed by atoms with E-state index in [1.54, 1.807) is 12.5 Å². The Hall–Kier alpha value is -0.930. The Morgan fingerprint density at radius 3 is 1.37 bits per heavy atom. The van der Waals surface area contributed by atoms with Gasteiger partial charge >= 0.3 is 308 Å². The molecule has 0 aromatic heterocycles. The maximum atomic E-state index is 13.4. The molecule has 2 N–H and O–H groups in total. The Morgan fingerprint density at radius 2 is 0.959 bits per heavy atom. The minimum atomic E-state index is -1.14. The molecule has 6 nitrogen and oxygen atoms in total. The second-order valence-corrected chi connectivity index (χ2v) is 21.4. The first kappa shape index (κ1) is 35.1. The van der Waals surface area contributed by atoms with Crippen LogP contribution < -0.4 is 22.0 Å². The quantitative estimate of drug-likeness (QED) is 0.166. The SMILES string of the molecule is CC12C/C(=C/O[I-]O/C=C3/CC4(C)C(CCC5C4CCC4(C)C5CCC4(C)O)CC3=O)C(=O)CC1CCC1C2CCC2(C)C1CCC2(C)O. The number of aliphatic hydroxyl groups is 2. The van der Waals surface area contributed by atoms with Gasteiger partial charge in [0.25, 0.3) is 0 Å². The average Bonchev–Trinajstić information content (AvgIpc) is 3.44. The van der Waals surface area contributed by atoms with Crippen molar-refractivity contribution in [3.63, 3.8) is 0 Å². The number of halogens is 1. The summed E-state index contributed by atoms with van der Waals surface area (Å²) in [6.45, 7) is 13.7. The molecular weight excluding hydrogens is 727 g/mol. The number of hydrogen-bond donors (Lipinski definition) is 2. The van der Waals surface area contributed by atoms with Crippen molar-refractivity contribution in [2.45, 2.75) is 155 Å². The number of fused-ring (bicyclic) bond motifs is 10. The van der Waals surface area contributed by atoms with Crippen molar-refractivity contribution in [2.75, 3.05) is 0 Å². The minimum absolute atomic E-state index is 0.00644. The molecule has 8 fully saturated rings. The van der Waals surface area contributed by atoms with E-state index in [0.29, 0.717) is 60.2 Å². The zero-order valence-electron chi connectivity index (χ0n) is 31.0. The van der Waals surface area contributed by atoms with Crippen molar-refractivity contribution < 1.29 is 48.0 Å². The van der Waals surface area contributed by atoms with Gasteiger partial charge in [-0.25, -0.2) is 0 Å². The van der Waals surface area contributed by atoms with Gasteiger partial charge in [-0.2, -0.15) is 0 Å². The van der Waals surface area contributed by atoms with E-state index in [4.69, 9.17) is 6.13 Å². The molecule has 49 heavy (non-hydrogen) atoms. The van der Waals surface area contributed by atoms with Crippen LogP contribution in [0.15, 0.2) is 23.7 Å². The molecule has 0 aromatic carbocycles. The topological polar surface area (TPSA) is 93.1 Å². The van der Waals surface area contributed by atoms with Crippen LogP contribution in [0.4, 0.5) is 0 Å². The van der Waals surface area contributed by atoms with Gasteiger partial charge in [0.05, 0.1) is 0 Å². The molecule has 0 amide bonds. The Labute approximate surface area is 306 Å². The van der Waals surface area contributed by atoms with Crippen LogP contribution in [0.3, 0.4) is 0 Å². The summed E-state index contributed by atoms with van der Waals surface area (Å²) in [6.07, 6.45) is 19.3. The molecule has 0 heterocycles. The molecule has 8 rings (SSSR count). The maximum absolute atomic E-state index is 13.4. The molecule has 8 saturated carbocycles. The van der Waals surface area contributed by atoms with Crippen molar-refractivity contribution in [3.05, 3.63) is 23.7 Å². The summed E-state index contributed by atoms with van der Waals surface area (Å²) >= 11 is -1.14. The van der Waals surface area contributed by atoms with Gasteiger partial charge in [-0.1, -0.05) is 0 Å². The third kappa shape index (κ3) is 5.09. The molecule has 0 bridgehead atoms. The molecule has 7 heteroatoms. The van der Waals surface area contributed by atoms with Crippen LogP contribution in [-0.4, -0.2) is 33.0 Å². The second-order valence-electron chi connectivity index (χ2n) is 20.0. The number of carbonyl (C=O) groups is 2. The monoisotopic (exact) mass is 789 g/mol. The average molecular weight is 790 g/mol. The Kier molecular flexibility index (Phi) is 8.45. The van der Waals surface area contributed by atoms with Crippen LogP contribution in [-0.2, 0) is 15.7 Å². The Morgan fingerprint density at radius 1 is 0.571 bits per heavy atom. The standard InChI is InChI=1S/C42H62IO6/c1-37-21-25(35(44)19-27(37)7-9-29-31(37)11-15-39(3)33(29)13-17-41(39,5)46)23-48-43-49-24-26-22-38(2)28(20-36(26)45)8-10-30-32(38)12-16-40(4)34(30)14-18-42(40,6)47/h23-24,27-34,46-47H,7-22H2,1-6H3/q-1/b25-23-,26-24-. The van der Waals surface area contributed by atoms with Crippen LogP contribution in [0.5, 0.6) is 0 Å². The summed E-state index contributed by atoms with van der Waals surface area (Å²) < 4.78 is 12.1. The van der Waals surface area contributed by atoms with Crippen LogP contribution in [0.2, 0.25) is 0 Å². The van der Waals surface area contributed by atoms with E-state index in [9.17, 15) is 19.8 Å². The third-order valence-corrected chi connectivity index (χ3v) is 19.3. The van der Waals surface area contributed by atoms with Crippen LogP contribution >= 0.6 is 0 Å². The molecule has 0 radical (unpaired) electrons. The van der Waals surface area contributed by atoms with E-state index in [2.05, 4.69) is 41.5 Å². The van der Waals surface area contributed by atoms with E-state index >= 15 is 0 Å². The summed E-state index contributed by atoms with van der Waals surface area (Å²) in [4.78, 5) is 26.7. The van der Waals surface area contributed by atoms with Crippen molar-refractivity contribution >= 4 is 11.6 Å². The first-order valence-electron chi connectivity index (χ1n) is 19.9. The van der Waals surface area contributed by atoms with Crippen molar-refractivity contribution in [1.82, 2.24) is 0 Å².